The van der Waals surface area contributed by atoms with Gasteiger partial charge in [0.1, 0.15) is 5.82 Å². The fourth-order valence-electron chi connectivity index (χ4n) is 2.25. The number of halogens is 1. The van der Waals surface area contributed by atoms with E-state index in [1.54, 1.807) is 22.9 Å². The maximum Gasteiger partial charge on any atom is 0.263 e. The van der Waals surface area contributed by atoms with E-state index in [9.17, 15) is 4.79 Å². The van der Waals surface area contributed by atoms with Crippen molar-refractivity contribution in [3.63, 3.8) is 0 Å². The summed E-state index contributed by atoms with van der Waals surface area (Å²) in [5.74, 6) is 0.736. The van der Waals surface area contributed by atoms with Gasteiger partial charge in [0.25, 0.3) is 5.56 Å². The normalized spacial score (nSPS) is 11.1. The minimum Gasteiger partial charge on any atom is -0.290 e. The third kappa shape index (κ3) is 2.10. The molecule has 0 saturated carbocycles. The standard InChI is InChI=1S/C14H13ClN4O/c1-2-12-17-11-5-3-4-10(15)13(11)14(20)19(12)8-9-6-7-16-18-9/h3-7H,2,8H2,1H3,(H,16,18). The summed E-state index contributed by atoms with van der Waals surface area (Å²) in [6.07, 6.45) is 2.33. The molecule has 0 fully saturated rings. The smallest absolute Gasteiger partial charge is 0.263 e. The number of hydrogen-bond donors (Lipinski definition) is 1. The monoisotopic (exact) mass is 288 g/mol. The van der Waals surface area contributed by atoms with Gasteiger partial charge in [0.05, 0.1) is 28.2 Å². The topological polar surface area (TPSA) is 63.6 Å². The molecule has 0 spiro atoms. The van der Waals surface area contributed by atoms with Crippen LogP contribution in [0.25, 0.3) is 10.9 Å². The molecule has 5 nitrogen and oxygen atoms in total. The van der Waals surface area contributed by atoms with E-state index in [4.69, 9.17) is 11.6 Å². The second-order valence-corrected chi connectivity index (χ2v) is 4.90. The van der Waals surface area contributed by atoms with Crippen molar-refractivity contribution in [2.75, 3.05) is 0 Å². The zero-order chi connectivity index (χ0) is 14.1. The van der Waals surface area contributed by atoms with E-state index in [2.05, 4.69) is 15.2 Å². The van der Waals surface area contributed by atoms with E-state index in [0.717, 1.165) is 11.5 Å². The van der Waals surface area contributed by atoms with Gasteiger partial charge in [-0.05, 0) is 18.2 Å². The Balaban J connectivity index is 2.26. The summed E-state index contributed by atoms with van der Waals surface area (Å²) in [4.78, 5) is 17.2. The van der Waals surface area contributed by atoms with E-state index in [0.29, 0.717) is 28.9 Å². The zero-order valence-electron chi connectivity index (χ0n) is 10.9. The summed E-state index contributed by atoms with van der Waals surface area (Å²) in [6.45, 7) is 2.39. The number of fused-ring (bicyclic) bond motifs is 1. The highest BCUT2D eigenvalue weighted by Gasteiger charge is 2.12. The maximum atomic E-state index is 12.7. The van der Waals surface area contributed by atoms with Gasteiger partial charge in [0.2, 0.25) is 0 Å². The number of rotatable bonds is 3. The predicted octanol–water partition coefficient (Wildman–Crippen LogP) is 2.38. The Bertz CT molecular complexity index is 808. The Morgan fingerprint density at radius 2 is 2.20 bits per heavy atom. The number of benzene rings is 1. The highest BCUT2D eigenvalue weighted by molar-refractivity contribution is 6.35. The van der Waals surface area contributed by atoms with Crippen molar-refractivity contribution < 1.29 is 0 Å². The molecule has 1 N–H and O–H groups in total. The Labute approximate surface area is 120 Å². The molecule has 102 valence electrons. The molecule has 0 bridgehead atoms. The van der Waals surface area contributed by atoms with Crippen LogP contribution < -0.4 is 5.56 Å². The maximum absolute atomic E-state index is 12.7. The molecule has 0 aliphatic rings. The van der Waals surface area contributed by atoms with Crippen LogP contribution in [0.3, 0.4) is 0 Å². The average molecular weight is 289 g/mol. The van der Waals surface area contributed by atoms with Gasteiger partial charge in [-0.1, -0.05) is 24.6 Å². The van der Waals surface area contributed by atoms with Crippen LogP contribution in [0.1, 0.15) is 18.4 Å². The fourth-order valence-corrected chi connectivity index (χ4v) is 2.50. The summed E-state index contributed by atoms with van der Waals surface area (Å²) in [5.41, 5.74) is 1.38. The van der Waals surface area contributed by atoms with Crippen molar-refractivity contribution >= 4 is 22.5 Å². The van der Waals surface area contributed by atoms with E-state index in [1.165, 1.54) is 0 Å². The van der Waals surface area contributed by atoms with Crippen LogP contribution in [0.2, 0.25) is 5.02 Å². The lowest BCUT2D eigenvalue weighted by Gasteiger charge is -2.12. The minimum atomic E-state index is -0.118. The van der Waals surface area contributed by atoms with Crippen molar-refractivity contribution in [3.05, 3.63) is 57.4 Å². The molecule has 20 heavy (non-hydrogen) atoms. The molecule has 2 aromatic heterocycles. The third-order valence-electron chi connectivity index (χ3n) is 3.21. The number of nitrogens with zero attached hydrogens (tertiary/aromatic N) is 3. The van der Waals surface area contributed by atoms with Crippen LogP contribution in [-0.2, 0) is 13.0 Å². The highest BCUT2D eigenvalue weighted by atomic mass is 35.5. The van der Waals surface area contributed by atoms with Gasteiger partial charge >= 0.3 is 0 Å². The van der Waals surface area contributed by atoms with Crippen molar-refractivity contribution in [1.29, 1.82) is 0 Å². The van der Waals surface area contributed by atoms with Gasteiger partial charge in [0, 0.05) is 12.6 Å². The largest absolute Gasteiger partial charge is 0.290 e. The second kappa shape index (κ2) is 5.09. The molecule has 1 aromatic carbocycles. The van der Waals surface area contributed by atoms with E-state index in [1.807, 2.05) is 19.1 Å². The first-order chi connectivity index (χ1) is 9.70. The van der Waals surface area contributed by atoms with Crippen LogP contribution >= 0.6 is 11.6 Å². The van der Waals surface area contributed by atoms with E-state index >= 15 is 0 Å². The van der Waals surface area contributed by atoms with Gasteiger partial charge in [-0.3, -0.25) is 14.5 Å². The molecular formula is C14H13ClN4O. The number of aromatic amines is 1. The Kier molecular flexibility index (Phi) is 3.28. The zero-order valence-corrected chi connectivity index (χ0v) is 11.7. The quantitative estimate of drug-likeness (QED) is 0.805. The Morgan fingerprint density at radius 3 is 2.90 bits per heavy atom. The Hall–Kier alpha value is -2.14. The SMILES string of the molecule is CCc1nc2cccc(Cl)c2c(=O)n1Cc1ccn[nH]1. The lowest BCUT2D eigenvalue weighted by molar-refractivity contribution is 0.672. The van der Waals surface area contributed by atoms with Gasteiger partial charge in [0.15, 0.2) is 0 Å². The number of aryl methyl sites for hydroxylation is 1. The molecule has 0 saturated heterocycles. The summed E-state index contributed by atoms with van der Waals surface area (Å²) >= 11 is 6.14. The van der Waals surface area contributed by atoms with Crippen molar-refractivity contribution in [2.24, 2.45) is 0 Å². The summed E-state index contributed by atoms with van der Waals surface area (Å²) < 4.78 is 1.64. The molecule has 0 unspecified atom stereocenters. The lowest BCUT2D eigenvalue weighted by Crippen LogP contribution is -2.26. The average Bonchev–Trinajstić information content (AvgIpc) is 2.94. The van der Waals surface area contributed by atoms with Crippen LogP contribution in [0.4, 0.5) is 0 Å². The summed E-state index contributed by atoms with van der Waals surface area (Å²) in [7, 11) is 0. The van der Waals surface area contributed by atoms with E-state index < -0.39 is 0 Å². The number of aromatic nitrogens is 4. The summed E-state index contributed by atoms with van der Waals surface area (Å²) in [6, 6.07) is 7.15. The first kappa shape index (κ1) is 12.9. The third-order valence-corrected chi connectivity index (χ3v) is 3.53. The van der Waals surface area contributed by atoms with Crippen LogP contribution in [0.5, 0.6) is 0 Å². The molecule has 2 heterocycles. The highest BCUT2D eigenvalue weighted by Crippen LogP contribution is 2.19. The van der Waals surface area contributed by atoms with E-state index in [-0.39, 0.29) is 5.56 Å². The van der Waals surface area contributed by atoms with Crippen molar-refractivity contribution in [3.8, 4) is 0 Å². The van der Waals surface area contributed by atoms with Gasteiger partial charge in [-0.15, -0.1) is 0 Å². The fraction of sp³-hybridized carbons (Fsp3) is 0.214. The molecule has 0 aliphatic heterocycles. The Morgan fingerprint density at radius 1 is 1.35 bits per heavy atom. The summed E-state index contributed by atoms with van der Waals surface area (Å²) in [5, 5.41) is 7.65. The number of hydrogen-bond acceptors (Lipinski definition) is 3. The van der Waals surface area contributed by atoms with Crippen LogP contribution in [0, 0.1) is 0 Å². The minimum absolute atomic E-state index is 0.118. The first-order valence-electron chi connectivity index (χ1n) is 6.37. The molecule has 3 rings (SSSR count). The molecule has 0 atom stereocenters. The molecule has 0 aliphatic carbocycles. The first-order valence-corrected chi connectivity index (χ1v) is 6.74. The lowest BCUT2D eigenvalue weighted by atomic mass is 10.2. The van der Waals surface area contributed by atoms with Crippen LogP contribution in [0.15, 0.2) is 35.3 Å². The van der Waals surface area contributed by atoms with Gasteiger partial charge in [-0.2, -0.15) is 5.10 Å². The number of H-pyrrole nitrogens is 1. The molecule has 6 heteroatoms. The second-order valence-electron chi connectivity index (χ2n) is 4.49. The molecular weight excluding hydrogens is 276 g/mol. The van der Waals surface area contributed by atoms with Crippen molar-refractivity contribution in [2.45, 2.75) is 19.9 Å². The number of nitrogens with one attached hydrogen (secondary N) is 1. The van der Waals surface area contributed by atoms with Crippen LogP contribution in [-0.4, -0.2) is 19.7 Å². The molecule has 0 radical (unpaired) electrons. The van der Waals surface area contributed by atoms with Crippen molar-refractivity contribution in [1.82, 2.24) is 19.7 Å². The van der Waals surface area contributed by atoms with Gasteiger partial charge in [-0.25, -0.2) is 4.98 Å². The predicted molar refractivity (Wildman–Crippen MR) is 78.1 cm³/mol. The molecule has 3 aromatic rings. The molecule has 0 amide bonds. The van der Waals surface area contributed by atoms with Gasteiger partial charge < -0.3 is 0 Å².